The molecule has 1 N–H and O–H groups in total. The Morgan fingerprint density at radius 2 is 2.00 bits per heavy atom. The predicted molar refractivity (Wildman–Crippen MR) is 70.5 cm³/mol. The Bertz CT molecular complexity index is 689. The summed E-state index contributed by atoms with van der Waals surface area (Å²) in [6.45, 7) is 4.22. The maximum absolute atomic E-state index is 11.7. The van der Waals surface area contributed by atoms with Gasteiger partial charge in [0, 0.05) is 6.07 Å². The van der Waals surface area contributed by atoms with Gasteiger partial charge in [-0.05, 0) is 31.0 Å². The summed E-state index contributed by atoms with van der Waals surface area (Å²) in [4.78, 5) is 22.5. The van der Waals surface area contributed by atoms with E-state index in [4.69, 9.17) is 5.11 Å². The third-order valence-corrected chi connectivity index (χ3v) is 2.90. The molecule has 1 heterocycles. The van der Waals surface area contributed by atoms with Gasteiger partial charge in [0.1, 0.15) is 0 Å². The van der Waals surface area contributed by atoms with Gasteiger partial charge in [-0.25, -0.2) is 9.48 Å². The molecule has 0 saturated carbocycles. The van der Waals surface area contributed by atoms with E-state index in [0.29, 0.717) is 0 Å². The lowest BCUT2D eigenvalue weighted by Gasteiger charge is -2.08. The molecule has 5 heteroatoms. The van der Waals surface area contributed by atoms with Gasteiger partial charge in [0.15, 0.2) is 5.69 Å². The van der Waals surface area contributed by atoms with Gasteiger partial charge in [-0.1, -0.05) is 23.8 Å². The molecule has 5 nitrogen and oxygen atoms in total. The van der Waals surface area contributed by atoms with Crippen molar-refractivity contribution in [2.75, 3.05) is 0 Å². The summed E-state index contributed by atoms with van der Waals surface area (Å²) in [5.41, 5.74) is 2.69. The fourth-order valence-electron chi connectivity index (χ4n) is 1.86. The van der Waals surface area contributed by atoms with E-state index in [0.717, 1.165) is 16.7 Å². The fraction of sp³-hybridized carbons (Fsp3) is 0.214. The van der Waals surface area contributed by atoms with Crippen LogP contribution >= 0.6 is 0 Å². The second-order valence-corrected chi connectivity index (χ2v) is 4.45. The lowest BCUT2D eigenvalue weighted by Crippen LogP contribution is -2.25. The zero-order valence-corrected chi connectivity index (χ0v) is 10.8. The van der Waals surface area contributed by atoms with E-state index in [1.165, 1.54) is 16.8 Å². The van der Waals surface area contributed by atoms with Crippen LogP contribution in [0, 0.1) is 13.8 Å². The monoisotopic (exact) mass is 258 g/mol. The van der Waals surface area contributed by atoms with E-state index in [9.17, 15) is 9.59 Å². The van der Waals surface area contributed by atoms with Crippen molar-refractivity contribution in [1.82, 2.24) is 9.78 Å². The Kier molecular flexibility index (Phi) is 3.46. The Balaban J connectivity index is 2.40. The highest BCUT2D eigenvalue weighted by molar-refractivity contribution is 5.84. The smallest absolute Gasteiger partial charge is 0.356 e. The number of benzene rings is 1. The second kappa shape index (κ2) is 5.06. The average molecular weight is 258 g/mol. The van der Waals surface area contributed by atoms with Crippen molar-refractivity contribution in [3.63, 3.8) is 0 Å². The Morgan fingerprint density at radius 1 is 1.26 bits per heavy atom. The first-order valence-corrected chi connectivity index (χ1v) is 5.85. The third-order valence-electron chi connectivity index (χ3n) is 2.90. The number of aryl methyl sites for hydroxylation is 2. The first-order chi connectivity index (χ1) is 8.97. The van der Waals surface area contributed by atoms with Crippen LogP contribution in [-0.2, 0) is 6.54 Å². The van der Waals surface area contributed by atoms with Crippen LogP contribution in [0.2, 0.25) is 0 Å². The van der Waals surface area contributed by atoms with Crippen LogP contribution in [0.4, 0.5) is 0 Å². The number of hydrogen-bond acceptors (Lipinski definition) is 3. The third kappa shape index (κ3) is 2.88. The van der Waals surface area contributed by atoms with Crippen LogP contribution in [0.1, 0.15) is 27.2 Å². The normalized spacial score (nSPS) is 10.4. The topological polar surface area (TPSA) is 72.2 Å². The van der Waals surface area contributed by atoms with Crippen LogP contribution in [0.25, 0.3) is 0 Å². The summed E-state index contributed by atoms with van der Waals surface area (Å²) in [5, 5.41) is 12.7. The van der Waals surface area contributed by atoms with Gasteiger partial charge in [-0.2, -0.15) is 5.10 Å². The maximum Gasteiger partial charge on any atom is 0.356 e. The largest absolute Gasteiger partial charge is 0.476 e. The molecule has 0 bridgehead atoms. The van der Waals surface area contributed by atoms with Crippen LogP contribution in [0.15, 0.2) is 35.1 Å². The van der Waals surface area contributed by atoms with E-state index in [2.05, 4.69) is 5.10 Å². The number of carboxylic acid groups (broad SMARTS) is 1. The summed E-state index contributed by atoms with van der Waals surface area (Å²) in [6.07, 6.45) is 0. The predicted octanol–water partition coefficient (Wildman–Crippen LogP) is 1.61. The number of carboxylic acids is 1. The summed E-state index contributed by atoms with van der Waals surface area (Å²) in [6, 6.07) is 8.32. The van der Waals surface area contributed by atoms with Gasteiger partial charge < -0.3 is 5.11 Å². The molecule has 2 rings (SSSR count). The van der Waals surface area contributed by atoms with Crippen LogP contribution in [0.5, 0.6) is 0 Å². The minimum atomic E-state index is -1.14. The highest BCUT2D eigenvalue weighted by Crippen LogP contribution is 2.11. The van der Waals surface area contributed by atoms with Crippen LogP contribution < -0.4 is 5.56 Å². The first kappa shape index (κ1) is 13.0. The molecular weight excluding hydrogens is 244 g/mol. The second-order valence-electron chi connectivity index (χ2n) is 4.45. The zero-order valence-electron chi connectivity index (χ0n) is 10.8. The van der Waals surface area contributed by atoms with Crippen LogP contribution in [-0.4, -0.2) is 20.9 Å². The zero-order chi connectivity index (χ0) is 14.0. The van der Waals surface area contributed by atoms with Gasteiger partial charge in [0.25, 0.3) is 5.56 Å². The quantitative estimate of drug-likeness (QED) is 0.907. The molecule has 0 unspecified atom stereocenters. The molecule has 0 aliphatic heterocycles. The minimum Gasteiger partial charge on any atom is -0.476 e. The molecule has 0 spiro atoms. The Morgan fingerprint density at radius 3 is 2.63 bits per heavy atom. The van der Waals surface area contributed by atoms with Crippen molar-refractivity contribution in [3.05, 3.63) is 63.1 Å². The van der Waals surface area contributed by atoms with Crippen molar-refractivity contribution in [2.45, 2.75) is 20.4 Å². The van der Waals surface area contributed by atoms with Gasteiger partial charge in [0.05, 0.1) is 6.54 Å². The van der Waals surface area contributed by atoms with E-state index >= 15 is 0 Å². The number of aromatic carboxylic acids is 1. The molecule has 1 aromatic heterocycles. The first-order valence-electron chi connectivity index (χ1n) is 5.85. The molecule has 0 radical (unpaired) electrons. The number of hydrogen-bond donors (Lipinski definition) is 1. The van der Waals surface area contributed by atoms with E-state index in [-0.39, 0.29) is 17.8 Å². The molecule has 0 aliphatic carbocycles. The van der Waals surface area contributed by atoms with Crippen molar-refractivity contribution in [3.8, 4) is 0 Å². The molecular formula is C14H14N2O3. The summed E-state index contributed by atoms with van der Waals surface area (Å²) in [5.74, 6) is -1.14. The number of nitrogens with zero attached hydrogens (tertiary/aromatic N) is 2. The van der Waals surface area contributed by atoms with Crippen molar-refractivity contribution >= 4 is 5.97 Å². The molecule has 19 heavy (non-hydrogen) atoms. The van der Waals surface area contributed by atoms with Gasteiger partial charge in [0.2, 0.25) is 0 Å². The number of rotatable bonds is 3. The highest BCUT2D eigenvalue weighted by Gasteiger charge is 2.08. The van der Waals surface area contributed by atoms with Gasteiger partial charge in [-0.15, -0.1) is 0 Å². The van der Waals surface area contributed by atoms with Crippen LogP contribution in [0.3, 0.4) is 0 Å². The molecule has 0 atom stereocenters. The van der Waals surface area contributed by atoms with Crippen molar-refractivity contribution in [2.24, 2.45) is 0 Å². The SMILES string of the molecule is Cc1ccc(Cn2nc(C(=O)O)ccc2=O)c(C)c1. The number of carbonyl (C=O) groups is 1. The number of aromatic nitrogens is 2. The highest BCUT2D eigenvalue weighted by atomic mass is 16.4. The minimum absolute atomic E-state index is 0.135. The molecule has 0 amide bonds. The fourth-order valence-corrected chi connectivity index (χ4v) is 1.86. The lowest BCUT2D eigenvalue weighted by atomic mass is 10.1. The van der Waals surface area contributed by atoms with E-state index in [1.54, 1.807) is 0 Å². The Hall–Kier alpha value is -2.43. The standard InChI is InChI=1S/C14H14N2O3/c1-9-3-4-11(10(2)7-9)8-16-13(17)6-5-12(15-16)14(18)19/h3-7H,8H2,1-2H3,(H,18,19). The molecule has 98 valence electrons. The van der Waals surface area contributed by atoms with Crippen molar-refractivity contribution in [1.29, 1.82) is 0 Å². The summed E-state index contributed by atoms with van der Waals surface area (Å²) >= 11 is 0. The average Bonchev–Trinajstić information content (AvgIpc) is 2.34. The molecule has 2 aromatic rings. The van der Waals surface area contributed by atoms with E-state index < -0.39 is 5.97 Å². The molecule has 1 aromatic carbocycles. The van der Waals surface area contributed by atoms with E-state index in [1.807, 2.05) is 32.0 Å². The molecule has 0 saturated heterocycles. The lowest BCUT2D eigenvalue weighted by molar-refractivity contribution is 0.0687. The van der Waals surface area contributed by atoms with Gasteiger partial charge >= 0.3 is 5.97 Å². The summed E-state index contributed by atoms with van der Waals surface area (Å²) < 4.78 is 1.17. The van der Waals surface area contributed by atoms with Gasteiger partial charge in [-0.3, -0.25) is 4.79 Å². The maximum atomic E-state index is 11.7. The summed E-state index contributed by atoms with van der Waals surface area (Å²) in [7, 11) is 0. The molecule has 0 fully saturated rings. The molecule has 0 aliphatic rings. The van der Waals surface area contributed by atoms with Crippen molar-refractivity contribution < 1.29 is 9.90 Å². The Labute approximate surface area is 110 Å².